The number of nitrogens with two attached hydrogens (primary N) is 1. The van der Waals surface area contributed by atoms with Crippen LogP contribution in [0.3, 0.4) is 0 Å². The van der Waals surface area contributed by atoms with Crippen LogP contribution in [-0.4, -0.2) is 26.3 Å². The van der Waals surface area contributed by atoms with E-state index in [1.165, 1.54) is 0 Å². The number of nitrogens with one attached hydrogen (secondary N) is 1. The highest BCUT2D eigenvalue weighted by molar-refractivity contribution is 7.80. The molecule has 1 aliphatic rings. The number of nitrogen functional groups attached to an aromatic ring is 1. The van der Waals surface area contributed by atoms with Crippen LogP contribution in [0.5, 0.6) is 0 Å². The van der Waals surface area contributed by atoms with Gasteiger partial charge in [-0.25, -0.2) is 0 Å². The summed E-state index contributed by atoms with van der Waals surface area (Å²) in [5.74, 6) is 0. The van der Waals surface area contributed by atoms with Crippen LogP contribution in [-0.2, 0) is 4.74 Å². The average molecular weight is 212 g/mol. The minimum atomic E-state index is 0.780. The summed E-state index contributed by atoms with van der Waals surface area (Å²) in [6.45, 7) is 3.83. The molecule has 1 fully saturated rings. The van der Waals surface area contributed by atoms with E-state index in [-0.39, 0.29) is 0 Å². The Morgan fingerprint density at radius 1 is 1.14 bits per heavy atom. The fourth-order valence-electron chi connectivity index (χ4n) is 0.990. The van der Waals surface area contributed by atoms with Crippen molar-refractivity contribution in [1.29, 1.82) is 0 Å². The first-order valence-corrected chi connectivity index (χ1v) is 5.07. The Morgan fingerprint density at radius 3 is 2.00 bits per heavy atom. The van der Waals surface area contributed by atoms with Crippen LogP contribution in [0.1, 0.15) is 0 Å². The first-order chi connectivity index (χ1) is 6.79. The molecule has 1 aromatic rings. The van der Waals surface area contributed by atoms with Gasteiger partial charge in [0.1, 0.15) is 0 Å². The highest BCUT2D eigenvalue weighted by Gasteiger charge is 1.92. The smallest absolute Gasteiger partial charge is 0.0591 e. The Hall–Kier alpha value is -0.710. The molecular weight excluding hydrogens is 196 g/mol. The molecule has 0 radical (unpaired) electrons. The van der Waals surface area contributed by atoms with E-state index in [1.54, 1.807) is 0 Å². The molecule has 0 atom stereocenters. The third kappa shape index (κ3) is 5.11. The van der Waals surface area contributed by atoms with Crippen LogP contribution >= 0.6 is 12.6 Å². The van der Waals surface area contributed by atoms with Gasteiger partial charge in [-0.15, -0.1) is 12.6 Å². The van der Waals surface area contributed by atoms with Crippen LogP contribution in [0.2, 0.25) is 0 Å². The third-order valence-electron chi connectivity index (χ3n) is 1.74. The first kappa shape index (κ1) is 11.4. The minimum absolute atomic E-state index is 0.780. The molecule has 0 unspecified atom stereocenters. The molecule has 0 spiro atoms. The standard InChI is InChI=1S/C6H7NS.C4H9NO/c7-5-1-3-6(8)4-2-5;1-3-6-4-2-5-1/h1-4,8H,7H2;5H,1-4H2. The molecule has 0 aromatic heterocycles. The van der Waals surface area contributed by atoms with Crippen LogP contribution < -0.4 is 11.1 Å². The zero-order valence-corrected chi connectivity index (χ0v) is 8.97. The molecule has 0 bridgehead atoms. The van der Waals surface area contributed by atoms with Crippen molar-refractivity contribution in [1.82, 2.24) is 5.32 Å². The Balaban J connectivity index is 0.000000146. The number of benzene rings is 1. The SMILES string of the molecule is C1COCCN1.Nc1ccc(S)cc1. The average Bonchev–Trinajstić information content (AvgIpc) is 2.26. The van der Waals surface area contributed by atoms with Crippen LogP contribution in [0.15, 0.2) is 29.2 Å². The number of hydrogen-bond donors (Lipinski definition) is 3. The number of anilines is 1. The summed E-state index contributed by atoms with van der Waals surface area (Å²) >= 11 is 4.08. The van der Waals surface area contributed by atoms with Gasteiger partial charge in [-0.05, 0) is 24.3 Å². The van der Waals surface area contributed by atoms with Gasteiger partial charge in [0.15, 0.2) is 0 Å². The summed E-state index contributed by atoms with van der Waals surface area (Å²) in [6.07, 6.45) is 0. The molecule has 14 heavy (non-hydrogen) atoms. The van der Waals surface area contributed by atoms with Gasteiger partial charge in [0.25, 0.3) is 0 Å². The molecule has 1 aliphatic heterocycles. The maximum atomic E-state index is 5.39. The van der Waals surface area contributed by atoms with Gasteiger partial charge in [-0.2, -0.15) is 0 Å². The lowest BCUT2D eigenvalue weighted by molar-refractivity contribution is 0.109. The van der Waals surface area contributed by atoms with Gasteiger partial charge in [0.2, 0.25) is 0 Å². The second kappa shape index (κ2) is 6.70. The predicted octanol–water partition coefficient (Wildman–Crippen LogP) is 1.16. The maximum Gasteiger partial charge on any atom is 0.0591 e. The fraction of sp³-hybridized carbons (Fsp3) is 0.400. The van der Waals surface area contributed by atoms with E-state index >= 15 is 0 Å². The van der Waals surface area contributed by atoms with E-state index in [9.17, 15) is 0 Å². The second-order valence-electron chi connectivity index (χ2n) is 2.95. The van der Waals surface area contributed by atoms with Crippen LogP contribution in [0.25, 0.3) is 0 Å². The summed E-state index contributed by atoms with van der Waals surface area (Å²) in [4.78, 5) is 0.944. The first-order valence-electron chi connectivity index (χ1n) is 4.62. The van der Waals surface area contributed by atoms with E-state index in [4.69, 9.17) is 10.5 Å². The predicted molar refractivity (Wildman–Crippen MR) is 61.8 cm³/mol. The van der Waals surface area contributed by atoms with Crippen molar-refractivity contribution >= 4 is 18.3 Å². The molecule has 3 N–H and O–H groups in total. The fourth-order valence-corrected chi connectivity index (χ4v) is 1.14. The molecule has 4 heteroatoms. The lowest BCUT2D eigenvalue weighted by atomic mass is 10.3. The van der Waals surface area contributed by atoms with Gasteiger partial charge in [-0.1, -0.05) is 0 Å². The van der Waals surface area contributed by atoms with E-state index in [0.717, 1.165) is 36.9 Å². The number of thiol groups is 1. The Morgan fingerprint density at radius 2 is 1.71 bits per heavy atom. The topological polar surface area (TPSA) is 47.3 Å². The minimum Gasteiger partial charge on any atom is -0.399 e. The maximum absolute atomic E-state index is 5.39. The van der Waals surface area contributed by atoms with Crippen molar-refractivity contribution in [3.05, 3.63) is 24.3 Å². The molecule has 1 aromatic carbocycles. The molecule has 0 aliphatic carbocycles. The molecule has 2 rings (SSSR count). The largest absolute Gasteiger partial charge is 0.399 e. The molecule has 1 heterocycles. The molecule has 78 valence electrons. The van der Waals surface area contributed by atoms with Gasteiger partial charge < -0.3 is 15.8 Å². The van der Waals surface area contributed by atoms with Crippen molar-refractivity contribution in [3.63, 3.8) is 0 Å². The monoisotopic (exact) mass is 212 g/mol. The Kier molecular flexibility index (Phi) is 5.44. The highest BCUT2D eigenvalue weighted by atomic mass is 32.1. The molecule has 1 saturated heterocycles. The van der Waals surface area contributed by atoms with Gasteiger partial charge in [0, 0.05) is 23.7 Å². The molecule has 0 saturated carbocycles. The summed E-state index contributed by atoms with van der Waals surface area (Å²) in [6, 6.07) is 7.36. The van der Waals surface area contributed by atoms with Crippen molar-refractivity contribution in [2.45, 2.75) is 4.90 Å². The summed E-state index contributed by atoms with van der Waals surface area (Å²) < 4.78 is 5.01. The normalized spacial score (nSPS) is 15.5. The van der Waals surface area contributed by atoms with E-state index in [1.807, 2.05) is 24.3 Å². The number of hydrogen-bond acceptors (Lipinski definition) is 4. The number of rotatable bonds is 0. The van der Waals surface area contributed by atoms with Crippen molar-refractivity contribution < 1.29 is 4.74 Å². The summed E-state index contributed by atoms with van der Waals surface area (Å²) in [5, 5.41) is 3.16. The molecular formula is C10H16N2OS. The number of morpholine rings is 1. The number of ether oxygens (including phenoxy) is 1. The lowest BCUT2D eigenvalue weighted by Crippen LogP contribution is -2.30. The third-order valence-corrected chi connectivity index (χ3v) is 2.04. The van der Waals surface area contributed by atoms with E-state index < -0.39 is 0 Å². The lowest BCUT2D eigenvalue weighted by Gasteiger charge is -2.10. The highest BCUT2D eigenvalue weighted by Crippen LogP contribution is 2.07. The zero-order valence-electron chi connectivity index (χ0n) is 8.07. The summed E-state index contributed by atoms with van der Waals surface area (Å²) in [5.41, 5.74) is 6.17. The van der Waals surface area contributed by atoms with E-state index in [2.05, 4.69) is 17.9 Å². The van der Waals surface area contributed by atoms with Gasteiger partial charge in [-0.3, -0.25) is 0 Å². The van der Waals surface area contributed by atoms with Crippen molar-refractivity contribution in [3.8, 4) is 0 Å². The van der Waals surface area contributed by atoms with Crippen molar-refractivity contribution in [2.24, 2.45) is 0 Å². The quantitative estimate of drug-likeness (QED) is 0.447. The summed E-state index contributed by atoms with van der Waals surface area (Å²) in [7, 11) is 0. The van der Waals surface area contributed by atoms with Crippen LogP contribution in [0, 0.1) is 0 Å². The zero-order chi connectivity index (χ0) is 10.2. The molecule has 3 nitrogen and oxygen atoms in total. The van der Waals surface area contributed by atoms with E-state index in [0.29, 0.717) is 0 Å². The Bertz CT molecular complexity index is 214. The van der Waals surface area contributed by atoms with Crippen molar-refractivity contribution in [2.75, 3.05) is 32.0 Å². The second-order valence-corrected chi connectivity index (χ2v) is 3.47. The van der Waals surface area contributed by atoms with Gasteiger partial charge in [0.05, 0.1) is 13.2 Å². The van der Waals surface area contributed by atoms with Crippen LogP contribution in [0.4, 0.5) is 5.69 Å². The van der Waals surface area contributed by atoms with Gasteiger partial charge >= 0.3 is 0 Å². The Labute approximate surface area is 90.0 Å². The molecule has 0 amide bonds.